The van der Waals surface area contributed by atoms with Gasteiger partial charge in [0.25, 0.3) is 0 Å². The molecular weight excluding hydrogens is 253 g/mol. The van der Waals surface area contributed by atoms with E-state index in [2.05, 4.69) is 0 Å². The Labute approximate surface area is 83.2 Å². The van der Waals surface area contributed by atoms with E-state index < -0.39 is 0 Å². The topological polar surface area (TPSA) is 0 Å². The molecule has 0 spiro atoms. The first-order valence-corrected chi connectivity index (χ1v) is 0. The van der Waals surface area contributed by atoms with E-state index in [1.807, 2.05) is 0 Å². The first kappa shape index (κ1) is 87.9. The van der Waals surface area contributed by atoms with Crippen LogP contribution in [0.15, 0.2) is 0 Å². The first-order valence-electron chi connectivity index (χ1n) is 0. The van der Waals surface area contributed by atoms with Gasteiger partial charge in [0, 0.05) is 0 Å². The third kappa shape index (κ3) is 34.7. The van der Waals surface area contributed by atoms with Crippen molar-refractivity contribution in [2.24, 2.45) is 0 Å². The molecule has 0 atom stereocenters. The summed E-state index contributed by atoms with van der Waals surface area (Å²) in [6.07, 6.45) is 0. The monoisotopic (exact) mass is 251 g/mol. The molecule has 0 bridgehead atoms. The molecule has 0 aromatic heterocycles. The van der Waals surface area contributed by atoms with Crippen LogP contribution in [0, 0.1) is 0 Å². The van der Waals surface area contributed by atoms with Gasteiger partial charge < -0.3 is 49.6 Å². The predicted octanol–water partition coefficient (Wildman–Crippen LogP) is -12.0. The molecular formula is Cl4FeMn. The van der Waals surface area contributed by atoms with Gasteiger partial charge >= 0.3 is 34.1 Å². The van der Waals surface area contributed by atoms with Gasteiger partial charge in [-0.15, -0.1) is 0 Å². The minimum atomic E-state index is 0. The zero-order valence-corrected chi connectivity index (χ0v) is 7.55. The van der Waals surface area contributed by atoms with Crippen molar-refractivity contribution in [2.75, 3.05) is 0 Å². The van der Waals surface area contributed by atoms with Crippen molar-refractivity contribution in [1.82, 2.24) is 0 Å². The van der Waals surface area contributed by atoms with E-state index in [0.717, 1.165) is 0 Å². The Kier molecular flexibility index (Phi) is 838. The van der Waals surface area contributed by atoms with E-state index in [-0.39, 0.29) is 83.8 Å². The number of rotatable bonds is 0. The van der Waals surface area contributed by atoms with E-state index in [9.17, 15) is 0 Å². The minimum Gasteiger partial charge on any atom is -1.00 e. The van der Waals surface area contributed by atoms with E-state index in [4.69, 9.17) is 0 Å². The van der Waals surface area contributed by atoms with Crippen LogP contribution < -0.4 is 49.6 Å². The van der Waals surface area contributed by atoms with Gasteiger partial charge in [-0.1, -0.05) is 0 Å². The van der Waals surface area contributed by atoms with Crippen molar-refractivity contribution in [2.45, 2.75) is 0 Å². The van der Waals surface area contributed by atoms with Crippen molar-refractivity contribution >= 4 is 0 Å². The molecule has 6 heteroatoms. The van der Waals surface area contributed by atoms with Gasteiger partial charge in [-0.3, -0.25) is 0 Å². The fourth-order valence-corrected chi connectivity index (χ4v) is 0. The molecule has 0 unspecified atom stereocenters. The Hall–Kier alpha value is 2.20. The van der Waals surface area contributed by atoms with Crippen LogP contribution >= 0.6 is 0 Å². The Morgan fingerprint density at radius 2 is 0.500 bits per heavy atom. The third-order valence-corrected chi connectivity index (χ3v) is 0. The fourth-order valence-electron chi connectivity index (χ4n) is 0. The van der Waals surface area contributed by atoms with Crippen molar-refractivity contribution in [3.63, 3.8) is 0 Å². The first-order chi connectivity index (χ1) is 0. The zero-order chi connectivity index (χ0) is 0. The van der Waals surface area contributed by atoms with Crippen LogP contribution in [0.3, 0.4) is 0 Å². The van der Waals surface area contributed by atoms with Crippen LogP contribution in [0.4, 0.5) is 0 Å². The van der Waals surface area contributed by atoms with Crippen LogP contribution in [0.5, 0.6) is 0 Å². The molecule has 0 amide bonds. The van der Waals surface area contributed by atoms with Gasteiger partial charge in [-0.25, -0.2) is 0 Å². The molecule has 43 valence electrons. The summed E-state index contributed by atoms with van der Waals surface area (Å²) in [6.45, 7) is 0. The maximum Gasteiger partial charge on any atom is 2.00 e. The summed E-state index contributed by atoms with van der Waals surface area (Å²) < 4.78 is 0. The average Bonchev–Trinajstić information content (AvgIpc) is 0. The molecule has 0 heterocycles. The van der Waals surface area contributed by atoms with Gasteiger partial charge in [-0.05, 0) is 0 Å². The molecule has 0 saturated heterocycles. The molecule has 0 N–H and O–H groups in total. The molecule has 0 aliphatic carbocycles. The largest absolute Gasteiger partial charge is 2.00 e. The van der Waals surface area contributed by atoms with Crippen LogP contribution in [-0.2, 0) is 34.1 Å². The maximum atomic E-state index is 0. The van der Waals surface area contributed by atoms with Crippen molar-refractivity contribution in [1.29, 1.82) is 0 Å². The van der Waals surface area contributed by atoms with Crippen molar-refractivity contribution in [3.05, 3.63) is 0 Å². The molecule has 1 radical (unpaired) electrons. The number of halogens is 4. The van der Waals surface area contributed by atoms with E-state index in [0.29, 0.717) is 0 Å². The SMILES string of the molecule is [Cl-].[Cl-].[Cl-].[Cl-].[Fe+2].[Mn+2]. The molecule has 0 rings (SSSR count). The van der Waals surface area contributed by atoms with Gasteiger partial charge in [0.2, 0.25) is 0 Å². The second kappa shape index (κ2) is 57.2. The Morgan fingerprint density at radius 1 is 0.500 bits per heavy atom. The van der Waals surface area contributed by atoms with Crippen molar-refractivity contribution in [3.8, 4) is 0 Å². The second-order valence-corrected chi connectivity index (χ2v) is 0. The third-order valence-electron chi connectivity index (χ3n) is 0. The standard InChI is InChI=1S/4ClH.Fe.Mn/h4*1H;;/q;;;;2*+2/p-4. The van der Waals surface area contributed by atoms with E-state index in [1.165, 1.54) is 0 Å². The summed E-state index contributed by atoms with van der Waals surface area (Å²) in [7, 11) is 0. The zero-order valence-electron chi connectivity index (χ0n) is 2.24. The van der Waals surface area contributed by atoms with Gasteiger partial charge in [-0.2, -0.15) is 0 Å². The summed E-state index contributed by atoms with van der Waals surface area (Å²) in [5.41, 5.74) is 0. The van der Waals surface area contributed by atoms with Crippen molar-refractivity contribution < 1.29 is 83.8 Å². The maximum absolute atomic E-state index is 0. The van der Waals surface area contributed by atoms with Crippen LogP contribution in [0.1, 0.15) is 0 Å². The molecule has 0 aliphatic rings. The van der Waals surface area contributed by atoms with E-state index in [1.54, 1.807) is 0 Å². The minimum absolute atomic E-state index is 0. The van der Waals surface area contributed by atoms with Crippen LogP contribution in [0.25, 0.3) is 0 Å². The normalized spacial score (nSPS) is 0. The number of hydrogen-bond donors (Lipinski definition) is 0. The van der Waals surface area contributed by atoms with E-state index >= 15 is 0 Å². The molecule has 0 aromatic carbocycles. The second-order valence-electron chi connectivity index (χ2n) is 0. The molecule has 0 nitrogen and oxygen atoms in total. The summed E-state index contributed by atoms with van der Waals surface area (Å²) >= 11 is 0. The molecule has 0 saturated carbocycles. The summed E-state index contributed by atoms with van der Waals surface area (Å²) in [5.74, 6) is 0. The predicted molar refractivity (Wildman–Crippen MR) is 0 cm³/mol. The Balaban J connectivity index is 0. The molecule has 0 fully saturated rings. The van der Waals surface area contributed by atoms with Crippen LogP contribution in [0.2, 0.25) is 0 Å². The summed E-state index contributed by atoms with van der Waals surface area (Å²) in [6, 6.07) is 0. The van der Waals surface area contributed by atoms with Gasteiger partial charge in [0.15, 0.2) is 0 Å². The Bertz CT molecular complexity index is 7.51. The fraction of sp³-hybridized carbons (Fsp3) is 0. The Morgan fingerprint density at radius 3 is 0.500 bits per heavy atom. The average molecular weight is 253 g/mol. The van der Waals surface area contributed by atoms with Crippen LogP contribution in [-0.4, -0.2) is 0 Å². The van der Waals surface area contributed by atoms with Gasteiger partial charge in [0.05, 0.1) is 0 Å². The smallest absolute Gasteiger partial charge is 1.00 e. The summed E-state index contributed by atoms with van der Waals surface area (Å²) in [5, 5.41) is 0. The van der Waals surface area contributed by atoms with Gasteiger partial charge in [0.1, 0.15) is 0 Å². The molecule has 6 heavy (non-hydrogen) atoms. The summed E-state index contributed by atoms with van der Waals surface area (Å²) in [4.78, 5) is 0. The molecule has 0 aliphatic heterocycles. The molecule has 0 aromatic rings. The number of hydrogen-bond acceptors (Lipinski definition) is 0. The quantitative estimate of drug-likeness (QED) is 0.376.